The van der Waals surface area contributed by atoms with E-state index in [1.165, 1.54) is 4.31 Å². The summed E-state index contributed by atoms with van der Waals surface area (Å²) in [5, 5.41) is 0. The minimum absolute atomic E-state index is 0.159. The highest BCUT2D eigenvalue weighted by Crippen LogP contribution is 2.37. The molecule has 5 nitrogen and oxygen atoms in total. The van der Waals surface area contributed by atoms with E-state index in [0.29, 0.717) is 5.76 Å². The molecule has 0 aliphatic rings. The van der Waals surface area contributed by atoms with Crippen LogP contribution in [-0.4, -0.2) is 23.7 Å². The first-order valence-electron chi connectivity index (χ1n) is 8.93. The third-order valence-corrected chi connectivity index (χ3v) is 7.45. The van der Waals surface area contributed by atoms with Crippen molar-refractivity contribution in [2.24, 2.45) is 0 Å². The summed E-state index contributed by atoms with van der Waals surface area (Å²) < 4.78 is 72.2. The zero-order valence-electron chi connectivity index (χ0n) is 17.0. The van der Waals surface area contributed by atoms with Crippen molar-refractivity contribution >= 4 is 26.0 Å². The van der Waals surface area contributed by atoms with Gasteiger partial charge in [-0.1, -0.05) is 20.8 Å². The molecule has 162 valence electrons. The molecule has 2 rings (SSSR count). The molecule has 0 spiro atoms. The van der Waals surface area contributed by atoms with Crippen molar-refractivity contribution in [3.05, 3.63) is 46.1 Å². The third kappa shape index (κ3) is 5.03. The van der Waals surface area contributed by atoms with E-state index in [2.05, 4.69) is 20.9 Å². The van der Waals surface area contributed by atoms with Gasteiger partial charge in [0, 0.05) is 15.9 Å². The van der Waals surface area contributed by atoms with Gasteiger partial charge in [0.1, 0.15) is 5.76 Å². The maximum absolute atomic E-state index is 13.3. The topological polar surface area (TPSA) is 63.4 Å². The predicted molar refractivity (Wildman–Crippen MR) is 107 cm³/mol. The van der Waals surface area contributed by atoms with Gasteiger partial charge in [-0.15, -0.1) is 0 Å². The summed E-state index contributed by atoms with van der Waals surface area (Å²) in [6.45, 7) is 10.8. The van der Waals surface area contributed by atoms with E-state index in [1.54, 1.807) is 27.0 Å². The fourth-order valence-corrected chi connectivity index (χ4v) is 5.70. The van der Waals surface area contributed by atoms with Crippen LogP contribution in [-0.2, 0) is 21.6 Å². The Balaban J connectivity index is 2.50. The van der Waals surface area contributed by atoms with Crippen molar-refractivity contribution in [1.82, 2.24) is 9.29 Å². The minimum atomic E-state index is -4.57. The van der Waals surface area contributed by atoms with Gasteiger partial charge in [0.2, 0.25) is 15.9 Å². The molecule has 10 heteroatoms. The minimum Gasteiger partial charge on any atom is -0.443 e. The second-order valence-electron chi connectivity index (χ2n) is 8.06. The van der Waals surface area contributed by atoms with Gasteiger partial charge >= 0.3 is 6.18 Å². The zero-order chi connectivity index (χ0) is 22.4. The van der Waals surface area contributed by atoms with Crippen molar-refractivity contribution in [2.75, 3.05) is 0 Å². The van der Waals surface area contributed by atoms with E-state index in [0.717, 1.165) is 18.2 Å². The molecule has 1 heterocycles. The van der Waals surface area contributed by atoms with E-state index in [-0.39, 0.29) is 20.7 Å². The highest BCUT2D eigenvalue weighted by atomic mass is 79.9. The molecule has 0 amide bonds. The largest absolute Gasteiger partial charge is 0.443 e. The van der Waals surface area contributed by atoms with Crippen LogP contribution in [0.4, 0.5) is 13.2 Å². The summed E-state index contributed by atoms with van der Waals surface area (Å²) in [6, 6.07) is 1.22. The maximum Gasteiger partial charge on any atom is 0.416 e. The third-order valence-electron chi connectivity index (χ3n) is 4.33. The molecule has 0 aliphatic heterocycles. The molecule has 0 aliphatic carbocycles. The lowest BCUT2D eigenvalue weighted by atomic mass is 9.94. The fourth-order valence-electron chi connectivity index (χ4n) is 2.87. The molecule has 1 atom stereocenters. The Kier molecular flexibility index (Phi) is 6.62. The standard InChI is InChI=1S/C19H24BrF3N2O3S/c1-11(2)25(12(3)17-24-10-16(28-17)18(4,5)6)29(26,27)15-8-7-13(9-14(15)20)19(21,22)23/h7-12H,1-6H3/t12-/m0/s1. The molecule has 0 radical (unpaired) electrons. The normalized spacial score (nSPS) is 14.6. The van der Waals surface area contributed by atoms with E-state index in [1.807, 2.05) is 20.8 Å². The summed E-state index contributed by atoms with van der Waals surface area (Å²) in [7, 11) is -4.15. The van der Waals surface area contributed by atoms with E-state index < -0.39 is 33.8 Å². The first kappa shape index (κ1) is 23.9. The maximum atomic E-state index is 13.3. The molecular weight excluding hydrogens is 473 g/mol. The summed E-state index contributed by atoms with van der Waals surface area (Å²) in [6.07, 6.45) is -3.01. The molecule has 1 aromatic carbocycles. The molecule has 0 bridgehead atoms. The van der Waals surface area contributed by atoms with Crippen LogP contribution in [0.25, 0.3) is 0 Å². The second kappa shape index (κ2) is 8.03. The first-order valence-corrected chi connectivity index (χ1v) is 11.2. The van der Waals surface area contributed by atoms with Crippen LogP contribution in [0.3, 0.4) is 0 Å². The van der Waals surface area contributed by atoms with Gasteiger partial charge in [0.15, 0.2) is 0 Å². The second-order valence-corrected chi connectivity index (χ2v) is 10.7. The molecule has 0 unspecified atom stereocenters. The lowest BCUT2D eigenvalue weighted by molar-refractivity contribution is -0.137. The molecule has 1 aromatic heterocycles. The molecule has 2 aromatic rings. The van der Waals surface area contributed by atoms with Crippen LogP contribution in [0.1, 0.15) is 64.8 Å². The lowest BCUT2D eigenvalue weighted by Gasteiger charge is -2.30. The summed E-state index contributed by atoms with van der Waals surface area (Å²) in [5.74, 6) is 0.825. The average molecular weight is 497 g/mol. The number of alkyl halides is 3. The molecule has 0 N–H and O–H groups in total. The number of benzene rings is 1. The van der Waals surface area contributed by atoms with Crippen molar-refractivity contribution in [2.45, 2.75) is 70.1 Å². The number of hydrogen-bond donors (Lipinski definition) is 0. The number of oxazole rings is 1. The Bertz CT molecular complexity index is 979. The number of halogens is 4. The van der Waals surface area contributed by atoms with Crippen LogP contribution in [0, 0.1) is 0 Å². The smallest absolute Gasteiger partial charge is 0.416 e. The van der Waals surface area contributed by atoms with E-state index in [4.69, 9.17) is 4.42 Å². The molecule has 0 saturated carbocycles. The lowest BCUT2D eigenvalue weighted by Crippen LogP contribution is -2.39. The van der Waals surface area contributed by atoms with Gasteiger partial charge in [0.05, 0.1) is 22.7 Å². The van der Waals surface area contributed by atoms with Gasteiger partial charge in [-0.05, 0) is 54.9 Å². The van der Waals surface area contributed by atoms with Gasteiger partial charge < -0.3 is 4.42 Å². The van der Waals surface area contributed by atoms with E-state index in [9.17, 15) is 21.6 Å². The first-order chi connectivity index (χ1) is 13.1. The Morgan fingerprint density at radius 3 is 2.14 bits per heavy atom. The monoisotopic (exact) mass is 496 g/mol. The van der Waals surface area contributed by atoms with Gasteiger partial charge in [-0.3, -0.25) is 0 Å². The molecule has 0 fully saturated rings. The Morgan fingerprint density at radius 1 is 1.14 bits per heavy atom. The van der Waals surface area contributed by atoms with Crippen molar-refractivity contribution in [3.8, 4) is 0 Å². The zero-order valence-corrected chi connectivity index (χ0v) is 19.4. The molecular formula is C19H24BrF3N2O3S. The highest BCUT2D eigenvalue weighted by molar-refractivity contribution is 9.10. The SMILES string of the molecule is CC(C)N([C@@H](C)c1ncc(C(C)(C)C)o1)S(=O)(=O)c1ccc(C(F)(F)F)cc1Br. The highest BCUT2D eigenvalue weighted by Gasteiger charge is 2.38. The summed E-state index contributed by atoms with van der Waals surface area (Å²) >= 11 is 2.98. The molecule has 29 heavy (non-hydrogen) atoms. The number of hydrogen-bond acceptors (Lipinski definition) is 4. The molecule has 0 saturated heterocycles. The Hall–Kier alpha value is -1.39. The van der Waals surface area contributed by atoms with Crippen LogP contribution in [0.2, 0.25) is 0 Å². The fraction of sp³-hybridized carbons (Fsp3) is 0.526. The van der Waals surface area contributed by atoms with Crippen LogP contribution in [0.15, 0.2) is 38.2 Å². The van der Waals surface area contributed by atoms with Gasteiger partial charge in [-0.2, -0.15) is 17.5 Å². The van der Waals surface area contributed by atoms with Crippen molar-refractivity contribution in [1.29, 1.82) is 0 Å². The number of aromatic nitrogens is 1. The summed E-state index contributed by atoms with van der Waals surface area (Å²) in [5.41, 5.74) is -1.24. The number of rotatable bonds is 5. The van der Waals surface area contributed by atoms with Crippen molar-refractivity contribution < 1.29 is 26.0 Å². The quantitative estimate of drug-likeness (QED) is 0.515. The predicted octanol–water partition coefficient (Wildman–Crippen LogP) is 5.91. The van der Waals surface area contributed by atoms with Gasteiger partial charge in [0.25, 0.3) is 0 Å². The van der Waals surface area contributed by atoms with Crippen molar-refractivity contribution in [3.63, 3.8) is 0 Å². The Morgan fingerprint density at radius 2 is 1.72 bits per heavy atom. The van der Waals surface area contributed by atoms with Gasteiger partial charge in [-0.25, -0.2) is 13.4 Å². The van der Waals surface area contributed by atoms with Crippen LogP contribution >= 0.6 is 15.9 Å². The summed E-state index contributed by atoms with van der Waals surface area (Å²) in [4.78, 5) is 3.97. The number of nitrogens with zero attached hydrogens (tertiary/aromatic N) is 2. The average Bonchev–Trinajstić information content (AvgIpc) is 3.03. The van der Waals surface area contributed by atoms with Crippen LogP contribution in [0.5, 0.6) is 0 Å². The van der Waals surface area contributed by atoms with Crippen LogP contribution < -0.4 is 0 Å². The van der Waals surface area contributed by atoms with E-state index >= 15 is 0 Å². The Labute approximate surface area is 177 Å². The number of sulfonamides is 1.